The Hall–Kier alpha value is -1.20. The van der Waals surface area contributed by atoms with Crippen molar-refractivity contribution in [2.75, 3.05) is 13.1 Å². The Kier molecular flexibility index (Phi) is 3.54. The lowest BCUT2D eigenvalue weighted by molar-refractivity contribution is -0.121. The Morgan fingerprint density at radius 3 is 2.39 bits per heavy atom. The number of Topliss-reactive ketones (excluding diaryl/α,β-unsaturated/α-hetero) is 1. The van der Waals surface area contributed by atoms with Crippen molar-refractivity contribution in [1.29, 1.82) is 0 Å². The van der Waals surface area contributed by atoms with Crippen LogP contribution < -0.4 is 0 Å². The lowest BCUT2D eigenvalue weighted by atomic mass is 10.0. The summed E-state index contributed by atoms with van der Waals surface area (Å²) in [7, 11) is -3.53. The molecule has 1 unspecified atom stereocenters. The monoisotopic (exact) mass is 267 g/mol. The van der Waals surface area contributed by atoms with Gasteiger partial charge in [-0.3, -0.25) is 4.79 Å². The molecule has 1 aliphatic rings. The normalized spacial score (nSPS) is 22.1. The van der Waals surface area contributed by atoms with Crippen LogP contribution in [0, 0.1) is 12.8 Å². The molecule has 98 valence electrons. The molecule has 1 saturated heterocycles. The highest BCUT2D eigenvalue weighted by Crippen LogP contribution is 2.22. The van der Waals surface area contributed by atoms with Crippen LogP contribution in [0.2, 0.25) is 0 Å². The van der Waals surface area contributed by atoms with Gasteiger partial charge in [0.1, 0.15) is 5.78 Å². The Balaban J connectivity index is 2.30. The molecule has 5 heteroatoms. The van der Waals surface area contributed by atoms with Crippen molar-refractivity contribution in [2.24, 2.45) is 5.92 Å². The third-order valence-electron chi connectivity index (χ3n) is 3.10. The second-order valence-corrected chi connectivity index (χ2v) is 6.90. The van der Waals surface area contributed by atoms with Crippen molar-refractivity contribution in [3.63, 3.8) is 0 Å². The lowest BCUT2D eigenvalue weighted by Gasteiger charge is -2.29. The highest BCUT2D eigenvalue weighted by atomic mass is 32.2. The number of hydrogen-bond acceptors (Lipinski definition) is 3. The van der Waals surface area contributed by atoms with E-state index in [0.717, 1.165) is 5.56 Å². The fourth-order valence-electron chi connectivity index (χ4n) is 2.17. The van der Waals surface area contributed by atoms with Gasteiger partial charge in [-0.25, -0.2) is 8.42 Å². The zero-order valence-electron chi connectivity index (χ0n) is 10.6. The van der Waals surface area contributed by atoms with Crippen LogP contribution in [0.25, 0.3) is 0 Å². The maximum absolute atomic E-state index is 12.4. The number of hydrogen-bond donors (Lipinski definition) is 0. The van der Waals surface area contributed by atoms with Crippen LogP contribution in [0.1, 0.15) is 18.9 Å². The van der Waals surface area contributed by atoms with E-state index in [0.29, 0.717) is 13.0 Å². The van der Waals surface area contributed by atoms with E-state index in [1.807, 2.05) is 13.8 Å². The smallest absolute Gasteiger partial charge is 0.243 e. The standard InChI is InChI=1S/C13H17NO3S/c1-10-3-5-13(6-4-10)18(16,17)14-8-11(2)7-12(15)9-14/h3-6,11H,7-9H2,1-2H3. The number of ketones is 1. The minimum absolute atomic E-state index is 0.000545. The van der Waals surface area contributed by atoms with E-state index in [4.69, 9.17) is 0 Å². The molecule has 0 radical (unpaired) electrons. The summed E-state index contributed by atoms with van der Waals surface area (Å²) in [6.45, 7) is 4.22. The Bertz CT molecular complexity index is 548. The van der Waals surface area contributed by atoms with Gasteiger partial charge in [-0.2, -0.15) is 4.31 Å². The van der Waals surface area contributed by atoms with Crippen LogP contribution in [-0.2, 0) is 14.8 Å². The predicted octanol–water partition coefficient (Wildman–Crippen LogP) is 1.59. The molecule has 4 nitrogen and oxygen atoms in total. The minimum Gasteiger partial charge on any atom is -0.298 e. The minimum atomic E-state index is -3.53. The van der Waals surface area contributed by atoms with Crippen molar-refractivity contribution in [2.45, 2.75) is 25.2 Å². The molecule has 0 aromatic heterocycles. The van der Waals surface area contributed by atoms with Gasteiger partial charge in [0.2, 0.25) is 10.0 Å². The van der Waals surface area contributed by atoms with E-state index in [1.54, 1.807) is 24.3 Å². The summed E-state index contributed by atoms with van der Waals surface area (Å²) in [4.78, 5) is 11.8. The molecule has 1 aliphatic heterocycles. The third kappa shape index (κ3) is 2.62. The van der Waals surface area contributed by atoms with Crippen LogP contribution in [-0.4, -0.2) is 31.6 Å². The molecule has 0 saturated carbocycles. The van der Waals surface area contributed by atoms with E-state index in [9.17, 15) is 13.2 Å². The summed E-state index contributed by atoms with van der Waals surface area (Å²) in [5.41, 5.74) is 1.01. The number of aryl methyl sites for hydroxylation is 1. The summed E-state index contributed by atoms with van der Waals surface area (Å²) < 4.78 is 26.0. The number of sulfonamides is 1. The summed E-state index contributed by atoms with van der Waals surface area (Å²) in [6.07, 6.45) is 0.472. The molecule has 1 fully saturated rings. The van der Waals surface area contributed by atoms with Crippen molar-refractivity contribution < 1.29 is 13.2 Å². The molecular weight excluding hydrogens is 250 g/mol. The summed E-state index contributed by atoms with van der Waals surface area (Å²) >= 11 is 0. The molecule has 1 aromatic carbocycles. The number of nitrogens with zero attached hydrogens (tertiary/aromatic N) is 1. The fourth-order valence-corrected chi connectivity index (χ4v) is 3.71. The molecule has 0 N–H and O–H groups in total. The van der Waals surface area contributed by atoms with Gasteiger partial charge in [0, 0.05) is 13.0 Å². The molecule has 18 heavy (non-hydrogen) atoms. The molecule has 0 spiro atoms. The van der Waals surface area contributed by atoms with Crippen LogP contribution in [0.5, 0.6) is 0 Å². The number of rotatable bonds is 2. The first-order valence-corrected chi connectivity index (χ1v) is 7.42. The van der Waals surface area contributed by atoms with E-state index in [-0.39, 0.29) is 23.1 Å². The van der Waals surface area contributed by atoms with E-state index in [1.165, 1.54) is 4.31 Å². The Morgan fingerprint density at radius 2 is 1.83 bits per heavy atom. The van der Waals surface area contributed by atoms with Gasteiger partial charge in [-0.1, -0.05) is 24.6 Å². The second-order valence-electron chi connectivity index (χ2n) is 4.96. The van der Waals surface area contributed by atoms with Crippen LogP contribution in [0.3, 0.4) is 0 Å². The van der Waals surface area contributed by atoms with Crippen molar-refractivity contribution in [3.05, 3.63) is 29.8 Å². The molecule has 1 aromatic rings. The van der Waals surface area contributed by atoms with E-state index < -0.39 is 10.0 Å². The number of carbonyl (C=O) groups excluding carboxylic acids is 1. The maximum Gasteiger partial charge on any atom is 0.243 e. The average Bonchev–Trinajstić information content (AvgIpc) is 2.28. The molecule has 0 bridgehead atoms. The number of benzene rings is 1. The van der Waals surface area contributed by atoms with Gasteiger partial charge < -0.3 is 0 Å². The molecule has 0 aliphatic carbocycles. The van der Waals surface area contributed by atoms with E-state index >= 15 is 0 Å². The number of piperidine rings is 1. The Labute approximate surface area is 108 Å². The highest BCUT2D eigenvalue weighted by molar-refractivity contribution is 7.89. The Morgan fingerprint density at radius 1 is 1.22 bits per heavy atom. The van der Waals surface area contributed by atoms with Gasteiger partial charge in [-0.05, 0) is 25.0 Å². The van der Waals surface area contributed by atoms with Gasteiger partial charge in [-0.15, -0.1) is 0 Å². The summed E-state index contributed by atoms with van der Waals surface area (Å²) in [5, 5.41) is 0. The van der Waals surface area contributed by atoms with Gasteiger partial charge in [0.25, 0.3) is 0 Å². The SMILES string of the molecule is Cc1ccc(S(=O)(=O)N2CC(=O)CC(C)C2)cc1. The molecule has 0 amide bonds. The van der Waals surface area contributed by atoms with Gasteiger partial charge in [0.15, 0.2) is 0 Å². The second kappa shape index (κ2) is 4.82. The molecular formula is C13H17NO3S. The van der Waals surface area contributed by atoms with Crippen LogP contribution >= 0.6 is 0 Å². The third-order valence-corrected chi connectivity index (χ3v) is 4.93. The van der Waals surface area contributed by atoms with Gasteiger partial charge in [0.05, 0.1) is 11.4 Å². The highest BCUT2D eigenvalue weighted by Gasteiger charge is 2.32. The van der Waals surface area contributed by atoms with Crippen molar-refractivity contribution in [1.82, 2.24) is 4.31 Å². The first kappa shape index (κ1) is 13.2. The first-order valence-electron chi connectivity index (χ1n) is 5.98. The summed E-state index contributed by atoms with van der Waals surface area (Å²) in [5.74, 6) is 0.0795. The predicted molar refractivity (Wildman–Crippen MR) is 68.7 cm³/mol. The van der Waals surface area contributed by atoms with Crippen molar-refractivity contribution >= 4 is 15.8 Å². The molecule has 1 heterocycles. The van der Waals surface area contributed by atoms with Gasteiger partial charge >= 0.3 is 0 Å². The van der Waals surface area contributed by atoms with Crippen molar-refractivity contribution in [3.8, 4) is 0 Å². The van der Waals surface area contributed by atoms with Crippen LogP contribution in [0.4, 0.5) is 0 Å². The zero-order valence-corrected chi connectivity index (χ0v) is 11.4. The largest absolute Gasteiger partial charge is 0.298 e. The maximum atomic E-state index is 12.4. The average molecular weight is 267 g/mol. The first-order chi connectivity index (χ1) is 8.39. The quantitative estimate of drug-likeness (QED) is 0.817. The lowest BCUT2D eigenvalue weighted by Crippen LogP contribution is -2.43. The summed E-state index contributed by atoms with van der Waals surface area (Å²) in [6, 6.07) is 6.72. The van der Waals surface area contributed by atoms with Crippen LogP contribution in [0.15, 0.2) is 29.2 Å². The molecule has 1 atom stereocenters. The number of carbonyl (C=O) groups is 1. The van der Waals surface area contributed by atoms with E-state index in [2.05, 4.69) is 0 Å². The topological polar surface area (TPSA) is 54.5 Å². The fraction of sp³-hybridized carbons (Fsp3) is 0.462. The zero-order chi connectivity index (χ0) is 13.3. The molecule has 2 rings (SSSR count).